The smallest absolute Gasteiger partial charge is 0.324 e. The molecule has 0 aliphatic heterocycles. The van der Waals surface area contributed by atoms with Crippen LogP contribution in [0, 0.1) is 0 Å². The van der Waals surface area contributed by atoms with Gasteiger partial charge in [0, 0.05) is 10.5 Å². The van der Waals surface area contributed by atoms with Gasteiger partial charge in [-0.3, -0.25) is 0 Å². The van der Waals surface area contributed by atoms with Crippen molar-refractivity contribution in [3.63, 3.8) is 0 Å². The van der Waals surface area contributed by atoms with Gasteiger partial charge in [0.15, 0.2) is 0 Å². The Labute approximate surface area is 123 Å². The lowest BCUT2D eigenvalue weighted by Crippen LogP contribution is -2.14. The van der Waals surface area contributed by atoms with Crippen LogP contribution in [0.15, 0.2) is 53.0 Å². The molecule has 1 nitrogen and oxygen atoms in total. The van der Waals surface area contributed by atoms with Crippen LogP contribution in [-0.4, -0.2) is 0 Å². The van der Waals surface area contributed by atoms with Crippen LogP contribution in [0.5, 0.6) is 0 Å². The van der Waals surface area contributed by atoms with Gasteiger partial charge in [-0.25, -0.2) is 0 Å². The standard InChI is InChI=1S/C15H13BrF3N/c16-13-3-1-2-10(8-13)9-14(20)11-4-6-12(7-5-11)15(17,18)19/h1-8,14H,9,20H2. The lowest BCUT2D eigenvalue weighted by molar-refractivity contribution is -0.137. The Kier molecular flexibility index (Phi) is 4.50. The topological polar surface area (TPSA) is 26.0 Å². The summed E-state index contributed by atoms with van der Waals surface area (Å²) in [6, 6.07) is 12.4. The van der Waals surface area contributed by atoms with Crippen LogP contribution in [0.2, 0.25) is 0 Å². The van der Waals surface area contributed by atoms with Crippen LogP contribution in [-0.2, 0) is 12.6 Å². The molecule has 1 unspecified atom stereocenters. The third-order valence-corrected chi connectivity index (χ3v) is 3.50. The number of halogens is 4. The molecule has 2 rings (SSSR count). The monoisotopic (exact) mass is 343 g/mol. The summed E-state index contributed by atoms with van der Waals surface area (Å²) in [5.41, 5.74) is 7.11. The number of hydrogen-bond donors (Lipinski definition) is 1. The second-order valence-corrected chi connectivity index (χ2v) is 5.48. The normalized spacial score (nSPS) is 13.2. The largest absolute Gasteiger partial charge is 0.416 e. The highest BCUT2D eigenvalue weighted by Gasteiger charge is 2.30. The van der Waals surface area contributed by atoms with Gasteiger partial charge in [-0.05, 0) is 41.8 Å². The fourth-order valence-electron chi connectivity index (χ4n) is 1.96. The molecule has 2 aromatic rings. The Hall–Kier alpha value is -1.33. The summed E-state index contributed by atoms with van der Waals surface area (Å²) in [7, 11) is 0. The minimum absolute atomic E-state index is 0.327. The number of alkyl halides is 3. The van der Waals surface area contributed by atoms with Crippen LogP contribution in [0.4, 0.5) is 13.2 Å². The Morgan fingerprint density at radius 2 is 1.70 bits per heavy atom. The zero-order valence-electron chi connectivity index (χ0n) is 10.5. The van der Waals surface area contributed by atoms with Crippen molar-refractivity contribution in [2.24, 2.45) is 5.73 Å². The van der Waals surface area contributed by atoms with Crippen molar-refractivity contribution in [2.75, 3.05) is 0 Å². The summed E-state index contributed by atoms with van der Waals surface area (Å²) >= 11 is 3.37. The highest BCUT2D eigenvalue weighted by molar-refractivity contribution is 9.10. The number of nitrogens with two attached hydrogens (primary N) is 1. The Bertz CT molecular complexity index is 578. The Morgan fingerprint density at radius 3 is 2.25 bits per heavy atom. The van der Waals surface area contributed by atoms with Crippen molar-refractivity contribution in [3.8, 4) is 0 Å². The van der Waals surface area contributed by atoms with Gasteiger partial charge in [-0.1, -0.05) is 40.2 Å². The van der Waals surface area contributed by atoms with Crippen molar-refractivity contribution in [1.29, 1.82) is 0 Å². The quantitative estimate of drug-likeness (QED) is 0.857. The highest BCUT2D eigenvalue weighted by Crippen LogP contribution is 2.30. The Balaban J connectivity index is 2.11. The lowest BCUT2D eigenvalue weighted by Gasteiger charge is -2.14. The van der Waals surface area contributed by atoms with E-state index in [1.54, 1.807) is 0 Å². The third-order valence-electron chi connectivity index (χ3n) is 3.01. The second kappa shape index (κ2) is 5.97. The molecule has 5 heteroatoms. The van der Waals surface area contributed by atoms with E-state index in [4.69, 9.17) is 5.73 Å². The molecular weight excluding hydrogens is 331 g/mol. The summed E-state index contributed by atoms with van der Waals surface area (Å²) in [4.78, 5) is 0. The van der Waals surface area contributed by atoms with E-state index in [9.17, 15) is 13.2 Å². The predicted molar refractivity (Wildman–Crippen MR) is 76.2 cm³/mol. The van der Waals surface area contributed by atoms with Crippen LogP contribution in [0.25, 0.3) is 0 Å². The highest BCUT2D eigenvalue weighted by atomic mass is 79.9. The number of rotatable bonds is 3. The SMILES string of the molecule is NC(Cc1cccc(Br)c1)c1ccc(C(F)(F)F)cc1. The molecule has 0 saturated heterocycles. The molecule has 106 valence electrons. The first kappa shape index (κ1) is 15.1. The number of benzene rings is 2. The summed E-state index contributed by atoms with van der Waals surface area (Å²) in [5.74, 6) is 0. The van der Waals surface area contributed by atoms with Gasteiger partial charge in [0.1, 0.15) is 0 Å². The van der Waals surface area contributed by atoms with Crippen LogP contribution in [0.1, 0.15) is 22.7 Å². The summed E-state index contributed by atoms with van der Waals surface area (Å²) < 4.78 is 38.4. The average molecular weight is 344 g/mol. The first-order chi connectivity index (χ1) is 9.36. The molecule has 0 spiro atoms. The Morgan fingerprint density at radius 1 is 1.05 bits per heavy atom. The predicted octanol–water partition coefficient (Wildman–Crippen LogP) is 4.71. The van der Waals surface area contributed by atoms with E-state index in [2.05, 4.69) is 15.9 Å². The van der Waals surface area contributed by atoms with Gasteiger partial charge in [-0.2, -0.15) is 13.2 Å². The summed E-state index contributed by atoms with van der Waals surface area (Å²) in [6.45, 7) is 0. The average Bonchev–Trinajstić information content (AvgIpc) is 2.38. The van der Waals surface area contributed by atoms with E-state index in [0.29, 0.717) is 12.0 Å². The molecule has 2 N–H and O–H groups in total. The fourth-order valence-corrected chi connectivity index (χ4v) is 2.40. The lowest BCUT2D eigenvalue weighted by atomic mass is 9.99. The van der Waals surface area contributed by atoms with Crippen molar-refractivity contribution < 1.29 is 13.2 Å². The molecule has 0 fully saturated rings. The molecule has 2 aromatic carbocycles. The van der Waals surface area contributed by atoms with Crippen molar-refractivity contribution in [3.05, 3.63) is 69.7 Å². The molecule has 0 radical (unpaired) electrons. The molecule has 0 aromatic heterocycles. The summed E-state index contributed by atoms with van der Waals surface area (Å²) in [5, 5.41) is 0. The van der Waals surface area contributed by atoms with Crippen molar-refractivity contribution >= 4 is 15.9 Å². The molecule has 0 saturated carbocycles. The maximum Gasteiger partial charge on any atom is 0.416 e. The van der Waals surface area contributed by atoms with Crippen molar-refractivity contribution in [2.45, 2.75) is 18.6 Å². The van der Waals surface area contributed by atoms with E-state index in [1.807, 2.05) is 24.3 Å². The van der Waals surface area contributed by atoms with E-state index < -0.39 is 11.7 Å². The van der Waals surface area contributed by atoms with Gasteiger partial charge in [-0.15, -0.1) is 0 Å². The zero-order chi connectivity index (χ0) is 14.8. The van der Waals surface area contributed by atoms with Gasteiger partial charge in [0.05, 0.1) is 5.56 Å². The molecule has 0 bridgehead atoms. The van der Waals surface area contributed by atoms with E-state index in [1.165, 1.54) is 12.1 Å². The molecule has 0 heterocycles. The first-order valence-corrected chi connectivity index (χ1v) is 6.83. The maximum absolute atomic E-state index is 12.5. The molecule has 0 amide bonds. The van der Waals surface area contributed by atoms with E-state index in [-0.39, 0.29) is 6.04 Å². The third kappa shape index (κ3) is 3.84. The molecule has 1 atom stereocenters. The minimum atomic E-state index is -4.31. The van der Waals surface area contributed by atoms with Gasteiger partial charge in [0.2, 0.25) is 0 Å². The zero-order valence-corrected chi connectivity index (χ0v) is 12.1. The molecule has 0 aliphatic rings. The van der Waals surface area contributed by atoms with Crippen LogP contribution >= 0.6 is 15.9 Å². The van der Waals surface area contributed by atoms with Crippen LogP contribution in [0.3, 0.4) is 0 Å². The molecule has 20 heavy (non-hydrogen) atoms. The van der Waals surface area contributed by atoms with E-state index in [0.717, 1.165) is 22.2 Å². The second-order valence-electron chi connectivity index (χ2n) is 4.56. The molecular formula is C15H13BrF3N. The minimum Gasteiger partial charge on any atom is -0.324 e. The fraction of sp³-hybridized carbons (Fsp3) is 0.200. The van der Waals surface area contributed by atoms with Crippen molar-refractivity contribution in [1.82, 2.24) is 0 Å². The summed E-state index contributed by atoms with van der Waals surface area (Å²) in [6.07, 6.45) is -3.74. The van der Waals surface area contributed by atoms with Gasteiger partial charge in [0.25, 0.3) is 0 Å². The number of hydrogen-bond acceptors (Lipinski definition) is 1. The first-order valence-electron chi connectivity index (χ1n) is 6.03. The van der Waals surface area contributed by atoms with Gasteiger partial charge < -0.3 is 5.73 Å². The van der Waals surface area contributed by atoms with Crippen LogP contribution < -0.4 is 5.73 Å². The van der Waals surface area contributed by atoms with Gasteiger partial charge >= 0.3 is 6.18 Å². The maximum atomic E-state index is 12.5. The molecule has 0 aliphatic carbocycles. The van der Waals surface area contributed by atoms with E-state index >= 15 is 0 Å².